The molecule has 0 amide bonds. The van der Waals surface area contributed by atoms with Gasteiger partial charge in [0.05, 0.1) is 0 Å². The Bertz CT molecular complexity index is 929. The molecule has 25 heavy (non-hydrogen) atoms. The van der Waals surface area contributed by atoms with Gasteiger partial charge >= 0.3 is 0 Å². The molecule has 0 aliphatic rings. The van der Waals surface area contributed by atoms with Gasteiger partial charge in [0.1, 0.15) is 17.7 Å². The fourth-order valence-corrected chi connectivity index (χ4v) is 2.36. The molecule has 0 unspecified atom stereocenters. The van der Waals surface area contributed by atoms with E-state index in [2.05, 4.69) is 15.2 Å². The third-order valence-electron chi connectivity index (χ3n) is 3.37. The molecular weight excluding hydrogens is 374 g/mol. The average Bonchev–Trinajstić information content (AvgIpc) is 3.07. The molecule has 0 saturated carbocycles. The van der Waals surface area contributed by atoms with Gasteiger partial charge in [-0.1, -0.05) is 40.5 Å². The van der Waals surface area contributed by atoms with Gasteiger partial charge in [-0.3, -0.25) is 4.79 Å². The summed E-state index contributed by atoms with van der Waals surface area (Å²) >= 11 is 11.5. The van der Waals surface area contributed by atoms with Gasteiger partial charge in [-0.2, -0.15) is 10.1 Å². The largest absolute Gasteiger partial charge is 0.385 e. The van der Waals surface area contributed by atoms with Crippen molar-refractivity contribution in [3.8, 4) is 0 Å². The quantitative estimate of drug-likeness (QED) is 0.726. The van der Waals surface area contributed by atoms with E-state index in [-0.39, 0.29) is 23.3 Å². The topological polar surface area (TPSA) is 94.0 Å². The molecule has 0 spiro atoms. The Balaban J connectivity index is 1.77. The zero-order chi connectivity index (χ0) is 18.0. The van der Waals surface area contributed by atoms with Crippen LogP contribution in [0.2, 0.25) is 10.0 Å². The van der Waals surface area contributed by atoms with Gasteiger partial charge in [0.2, 0.25) is 11.7 Å². The highest BCUT2D eigenvalue weighted by atomic mass is 35.5. The number of hydrogen-bond acceptors (Lipinski definition) is 6. The highest BCUT2D eigenvalue weighted by molar-refractivity contribution is 6.30. The van der Waals surface area contributed by atoms with Gasteiger partial charge in [0.15, 0.2) is 6.17 Å². The molecule has 0 fully saturated rings. The Labute approximate surface area is 150 Å². The maximum Gasteiger partial charge on any atom is 0.285 e. The maximum atomic E-state index is 14.4. The number of rotatable bonds is 5. The molecule has 1 N–H and O–H groups in total. The van der Waals surface area contributed by atoms with Crippen LogP contribution in [0.15, 0.2) is 45.8 Å². The van der Waals surface area contributed by atoms with E-state index >= 15 is 0 Å². The molecule has 7 nitrogen and oxygen atoms in total. The Kier molecular flexibility index (Phi) is 5.12. The van der Waals surface area contributed by atoms with Gasteiger partial charge < -0.3 is 9.63 Å². The summed E-state index contributed by atoms with van der Waals surface area (Å²) < 4.78 is 20.4. The van der Waals surface area contributed by atoms with Crippen molar-refractivity contribution in [3.05, 3.63) is 74.2 Å². The summed E-state index contributed by atoms with van der Waals surface area (Å²) in [7, 11) is 0. The fourth-order valence-electron chi connectivity index (χ4n) is 2.08. The van der Waals surface area contributed by atoms with Crippen molar-refractivity contribution < 1.29 is 14.0 Å². The molecule has 3 aromatic rings. The zero-order valence-electron chi connectivity index (χ0n) is 12.5. The van der Waals surface area contributed by atoms with Crippen molar-refractivity contribution in [1.82, 2.24) is 19.9 Å². The van der Waals surface area contributed by atoms with E-state index in [4.69, 9.17) is 27.7 Å². The minimum absolute atomic E-state index is 0.0173. The molecule has 130 valence electrons. The van der Waals surface area contributed by atoms with Crippen LogP contribution in [0, 0.1) is 0 Å². The van der Waals surface area contributed by atoms with Crippen LogP contribution in [0.25, 0.3) is 0 Å². The van der Waals surface area contributed by atoms with Crippen molar-refractivity contribution in [2.75, 3.05) is 0 Å². The standard InChI is InChI=1S/C15H11Cl2FN4O3/c16-9-3-1-8(2-4-9)13(23)12(18)14-20-11(25-21-14)7-22-15(24)10(17)5-6-19-22/h1-6,12-13,23H,7H2/t12-,13+/m0/s1. The fraction of sp³-hybridized carbons (Fsp3) is 0.200. The maximum absolute atomic E-state index is 14.4. The summed E-state index contributed by atoms with van der Waals surface area (Å²) in [4.78, 5) is 15.6. The Morgan fingerprint density at radius 3 is 2.68 bits per heavy atom. The zero-order valence-corrected chi connectivity index (χ0v) is 14.0. The van der Waals surface area contributed by atoms with Crippen molar-refractivity contribution in [1.29, 1.82) is 0 Å². The van der Waals surface area contributed by atoms with Crippen molar-refractivity contribution in [2.45, 2.75) is 18.8 Å². The normalized spacial score (nSPS) is 13.6. The number of aliphatic hydroxyl groups excluding tert-OH is 1. The Hall–Kier alpha value is -2.29. The lowest BCUT2D eigenvalue weighted by atomic mass is 10.1. The van der Waals surface area contributed by atoms with Crippen LogP contribution in [-0.4, -0.2) is 25.0 Å². The second kappa shape index (κ2) is 7.30. The summed E-state index contributed by atoms with van der Waals surface area (Å²) in [5, 5.41) is 17.9. The van der Waals surface area contributed by atoms with E-state index in [1.807, 2.05) is 0 Å². The van der Waals surface area contributed by atoms with Gasteiger partial charge in [-0.15, -0.1) is 0 Å². The first kappa shape index (κ1) is 17.5. The summed E-state index contributed by atoms with van der Waals surface area (Å²) in [6.07, 6.45) is -2.07. The van der Waals surface area contributed by atoms with Crippen LogP contribution in [0.1, 0.15) is 29.6 Å². The van der Waals surface area contributed by atoms with E-state index in [1.54, 1.807) is 0 Å². The molecule has 2 atom stereocenters. The smallest absolute Gasteiger partial charge is 0.285 e. The number of benzene rings is 1. The number of halogens is 3. The molecule has 2 aromatic heterocycles. The first-order valence-electron chi connectivity index (χ1n) is 7.07. The SMILES string of the molecule is O=c1c(Cl)ccnn1Cc1nc([C@@H](F)[C@H](O)c2ccc(Cl)cc2)no1. The van der Waals surface area contributed by atoms with Crippen LogP contribution in [-0.2, 0) is 6.54 Å². The molecule has 2 heterocycles. The second-order valence-corrected chi connectivity index (χ2v) is 5.93. The number of hydrogen-bond donors (Lipinski definition) is 1. The van der Waals surface area contributed by atoms with E-state index in [0.717, 1.165) is 4.68 Å². The summed E-state index contributed by atoms with van der Waals surface area (Å²) in [6, 6.07) is 7.41. The third kappa shape index (κ3) is 3.87. The molecule has 0 aliphatic heterocycles. The van der Waals surface area contributed by atoms with E-state index in [1.165, 1.54) is 36.5 Å². The lowest BCUT2D eigenvalue weighted by molar-refractivity contribution is 0.0708. The minimum Gasteiger partial charge on any atom is -0.385 e. The molecule has 0 radical (unpaired) electrons. The summed E-state index contributed by atoms with van der Waals surface area (Å²) in [5.74, 6) is -0.384. The number of aromatic nitrogens is 4. The van der Waals surface area contributed by atoms with Crippen molar-refractivity contribution in [3.63, 3.8) is 0 Å². The second-order valence-electron chi connectivity index (χ2n) is 5.09. The van der Waals surface area contributed by atoms with E-state index in [9.17, 15) is 14.3 Å². The average molecular weight is 385 g/mol. The molecule has 10 heteroatoms. The molecule has 0 aliphatic carbocycles. The number of aliphatic hydroxyl groups is 1. The lowest BCUT2D eigenvalue weighted by Gasteiger charge is -2.12. The van der Waals surface area contributed by atoms with E-state index < -0.39 is 17.8 Å². The van der Waals surface area contributed by atoms with E-state index in [0.29, 0.717) is 10.6 Å². The Morgan fingerprint density at radius 1 is 1.24 bits per heavy atom. The number of alkyl halides is 1. The summed E-state index contributed by atoms with van der Waals surface area (Å²) in [6.45, 7) is -0.170. The van der Waals surface area contributed by atoms with Gasteiger partial charge in [-0.25, -0.2) is 9.07 Å². The van der Waals surface area contributed by atoms with Gasteiger partial charge in [0.25, 0.3) is 5.56 Å². The highest BCUT2D eigenvalue weighted by Gasteiger charge is 2.27. The molecule has 0 bridgehead atoms. The third-order valence-corrected chi connectivity index (χ3v) is 3.91. The number of nitrogens with zero attached hydrogens (tertiary/aromatic N) is 4. The first-order valence-corrected chi connectivity index (χ1v) is 7.83. The first-order chi connectivity index (χ1) is 12.0. The van der Waals surface area contributed by atoms with Gasteiger partial charge in [-0.05, 0) is 23.8 Å². The summed E-state index contributed by atoms with van der Waals surface area (Å²) in [5.41, 5.74) is -0.224. The molecular formula is C15H11Cl2FN4O3. The predicted molar refractivity (Wildman–Crippen MR) is 87.2 cm³/mol. The van der Waals surface area contributed by atoms with Crippen molar-refractivity contribution >= 4 is 23.2 Å². The van der Waals surface area contributed by atoms with Crippen LogP contribution in [0.4, 0.5) is 4.39 Å². The minimum atomic E-state index is -1.91. The monoisotopic (exact) mass is 384 g/mol. The van der Waals surface area contributed by atoms with Crippen LogP contribution < -0.4 is 5.56 Å². The predicted octanol–water partition coefficient (Wildman–Crippen LogP) is 2.73. The lowest BCUT2D eigenvalue weighted by Crippen LogP contribution is -2.23. The molecule has 1 aromatic carbocycles. The van der Waals surface area contributed by atoms with Gasteiger partial charge in [0, 0.05) is 11.2 Å². The van der Waals surface area contributed by atoms with Crippen LogP contribution in [0.5, 0.6) is 0 Å². The molecule has 3 rings (SSSR count). The molecule has 0 saturated heterocycles. The highest BCUT2D eigenvalue weighted by Crippen LogP contribution is 2.31. The van der Waals surface area contributed by atoms with Crippen LogP contribution in [0.3, 0.4) is 0 Å². The van der Waals surface area contributed by atoms with Crippen LogP contribution >= 0.6 is 23.2 Å². The Morgan fingerprint density at radius 2 is 1.96 bits per heavy atom. The van der Waals surface area contributed by atoms with Crippen molar-refractivity contribution in [2.24, 2.45) is 0 Å².